The molecule has 0 aliphatic carbocycles. The molecule has 1 atom stereocenters. The Labute approximate surface area is 124 Å². The third-order valence-electron chi connectivity index (χ3n) is 3.51. The van der Waals surface area contributed by atoms with Gasteiger partial charge in [0.05, 0.1) is 18.3 Å². The van der Waals surface area contributed by atoms with Gasteiger partial charge in [-0.1, -0.05) is 6.92 Å². The number of methoxy groups -OCH3 is 1. The van der Waals surface area contributed by atoms with Crippen LogP contribution in [0.5, 0.6) is 0 Å². The third kappa shape index (κ3) is 3.81. The highest BCUT2D eigenvalue weighted by atomic mass is 16.5. The molecule has 0 saturated carbocycles. The van der Waals surface area contributed by atoms with Gasteiger partial charge < -0.3 is 15.0 Å². The number of rotatable bonds is 6. The predicted octanol–water partition coefficient (Wildman–Crippen LogP) is 0.329. The molecule has 116 valence electrons. The summed E-state index contributed by atoms with van der Waals surface area (Å²) >= 11 is 0. The van der Waals surface area contributed by atoms with Gasteiger partial charge in [0.1, 0.15) is 6.61 Å². The Morgan fingerprint density at radius 1 is 1.52 bits per heavy atom. The van der Waals surface area contributed by atoms with E-state index in [1.54, 1.807) is 6.20 Å². The maximum absolute atomic E-state index is 12.1. The number of nitrogens with one attached hydrogen (secondary N) is 1. The van der Waals surface area contributed by atoms with Crippen molar-refractivity contribution in [2.75, 3.05) is 26.8 Å². The highest BCUT2D eigenvalue weighted by Gasteiger charge is 2.28. The minimum Gasteiger partial charge on any atom is -0.375 e. The van der Waals surface area contributed by atoms with Gasteiger partial charge in [-0.2, -0.15) is 5.10 Å². The molecule has 1 N–H and O–H groups in total. The molecule has 7 heteroatoms. The van der Waals surface area contributed by atoms with Gasteiger partial charge in [0, 0.05) is 32.8 Å². The van der Waals surface area contributed by atoms with Crippen LogP contribution >= 0.6 is 0 Å². The van der Waals surface area contributed by atoms with E-state index in [1.165, 1.54) is 7.11 Å². The monoisotopic (exact) mass is 294 g/mol. The lowest BCUT2D eigenvalue weighted by Gasteiger charge is -2.34. The smallest absolute Gasteiger partial charge is 0.246 e. The van der Waals surface area contributed by atoms with Crippen molar-refractivity contribution in [2.45, 2.75) is 32.4 Å². The summed E-state index contributed by atoms with van der Waals surface area (Å²) in [5, 5.41) is 7.11. The second-order valence-corrected chi connectivity index (χ2v) is 5.18. The normalized spacial score (nSPS) is 17.4. The van der Waals surface area contributed by atoms with Crippen LogP contribution in [-0.4, -0.2) is 53.3 Å². The Bertz CT molecular complexity index is 500. The van der Waals surface area contributed by atoms with Gasteiger partial charge in [0.2, 0.25) is 11.8 Å². The summed E-state index contributed by atoms with van der Waals surface area (Å²) in [6.45, 7) is 3.63. The van der Waals surface area contributed by atoms with Crippen molar-refractivity contribution in [3.63, 3.8) is 0 Å². The first kappa shape index (κ1) is 15.5. The molecule has 0 saturated heterocycles. The fourth-order valence-corrected chi connectivity index (χ4v) is 2.51. The lowest BCUT2D eigenvalue weighted by Crippen LogP contribution is -2.45. The maximum atomic E-state index is 12.1. The van der Waals surface area contributed by atoms with Gasteiger partial charge in [-0.25, -0.2) is 0 Å². The number of amides is 2. The number of aromatic nitrogens is 2. The minimum atomic E-state index is -0.164. The fourth-order valence-electron chi connectivity index (χ4n) is 2.51. The fraction of sp³-hybridized carbons (Fsp3) is 0.643. The molecule has 2 rings (SSSR count). The molecule has 0 bridgehead atoms. The van der Waals surface area contributed by atoms with Crippen LogP contribution in [-0.2, 0) is 20.9 Å². The standard InChI is InChI=1S/C14H22N4O3/c1-3-4-14(20)17-8-11-5-6-16-18(11)12(9-17)7-15-13(19)10-21-2/h5-6,12H,3-4,7-10H2,1-2H3,(H,15,19)/t12-/m0/s1. The van der Waals surface area contributed by atoms with Crippen molar-refractivity contribution in [1.29, 1.82) is 0 Å². The molecular formula is C14H22N4O3. The summed E-state index contributed by atoms with van der Waals surface area (Å²) in [7, 11) is 1.48. The first-order valence-electron chi connectivity index (χ1n) is 7.21. The Morgan fingerprint density at radius 2 is 2.33 bits per heavy atom. The molecular weight excluding hydrogens is 272 g/mol. The molecule has 1 aromatic heterocycles. The molecule has 2 heterocycles. The summed E-state index contributed by atoms with van der Waals surface area (Å²) in [6, 6.07) is 1.88. The lowest BCUT2D eigenvalue weighted by atomic mass is 10.1. The Balaban J connectivity index is 2.02. The zero-order valence-electron chi connectivity index (χ0n) is 12.5. The average Bonchev–Trinajstić information content (AvgIpc) is 2.93. The van der Waals surface area contributed by atoms with Gasteiger partial charge in [-0.05, 0) is 12.5 Å². The van der Waals surface area contributed by atoms with Crippen LogP contribution < -0.4 is 5.32 Å². The van der Waals surface area contributed by atoms with Crippen molar-refractivity contribution >= 4 is 11.8 Å². The van der Waals surface area contributed by atoms with Crippen molar-refractivity contribution in [1.82, 2.24) is 20.0 Å². The molecule has 1 aromatic rings. The van der Waals surface area contributed by atoms with Crippen LogP contribution in [0, 0.1) is 0 Å². The summed E-state index contributed by atoms with van der Waals surface area (Å²) in [5.41, 5.74) is 0.997. The maximum Gasteiger partial charge on any atom is 0.246 e. The van der Waals surface area contributed by atoms with E-state index in [0.29, 0.717) is 26.1 Å². The molecule has 0 aromatic carbocycles. The Morgan fingerprint density at radius 3 is 3.05 bits per heavy atom. The highest BCUT2D eigenvalue weighted by Crippen LogP contribution is 2.20. The second kappa shape index (κ2) is 7.21. The van der Waals surface area contributed by atoms with E-state index >= 15 is 0 Å². The molecule has 1 aliphatic rings. The van der Waals surface area contributed by atoms with Crippen LogP contribution in [0.2, 0.25) is 0 Å². The van der Waals surface area contributed by atoms with Crippen molar-refractivity contribution in [3.8, 4) is 0 Å². The van der Waals surface area contributed by atoms with Crippen LogP contribution in [0.25, 0.3) is 0 Å². The summed E-state index contributed by atoms with van der Waals surface area (Å²) in [4.78, 5) is 25.5. The van der Waals surface area contributed by atoms with Crippen LogP contribution in [0.3, 0.4) is 0 Å². The number of carbonyl (C=O) groups excluding carboxylic acids is 2. The van der Waals surface area contributed by atoms with E-state index in [0.717, 1.165) is 12.1 Å². The first-order chi connectivity index (χ1) is 10.2. The molecule has 0 unspecified atom stereocenters. The number of fused-ring (bicyclic) bond motifs is 1. The highest BCUT2D eigenvalue weighted by molar-refractivity contribution is 5.77. The van der Waals surface area contributed by atoms with E-state index in [4.69, 9.17) is 4.74 Å². The van der Waals surface area contributed by atoms with Crippen molar-refractivity contribution in [3.05, 3.63) is 18.0 Å². The van der Waals surface area contributed by atoms with Crippen molar-refractivity contribution in [2.24, 2.45) is 0 Å². The largest absolute Gasteiger partial charge is 0.375 e. The quantitative estimate of drug-likeness (QED) is 0.820. The lowest BCUT2D eigenvalue weighted by molar-refractivity contribution is -0.133. The summed E-state index contributed by atoms with van der Waals surface area (Å²) in [6.07, 6.45) is 3.12. The average molecular weight is 294 g/mol. The molecule has 0 radical (unpaired) electrons. The number of nitrogens with zero attached hydrogens (tertiary/aromatic N) is 3. The van der Waals surface area contributed by atoms with E-state index < -0.39 is 0 Å². The van der Waals surface area contributed by atoms with Gasteiger partial charge in [0.25, 0.3) is 0 Å². The number of hydrogen-bond acceptors (Lipinski definition) is 4. The zero-order chi connectivity index (χ0) is 15.2. The molecule has 21 heavy (non-hydrogen) atoms. The van der Waals surface area contributed by atoms with Gasteiger partial charge >= 0.3 is 0 Å². The first-order valence-corrected chi connectivity index (χ1v) is 7.21. The summed E-state index contributed by atoms with van der Waals surface area (Å²) in [5.74, 6) is -0.0126. The Kier molecular flexibility index (Phi) is 5.32. The van der Waals surface area contributed by atoms with Crippen LogP contribution in [0.15, 0.2) is 12.3 Å². The SMILES string of the molecule is CCCC(=O)N1Cc2ccnn2[C@@H](CNC(=O)COC)C1. The number of hydrogen-bond donors (Lipinski definition) is 1. The Hall–Kier alpha value is -1.89. The molecule has 2 amide bonds. The minimum absolute atomic E-state index is 0.0367. The molecule has 0 spiro atoms. The number of carbonyl (C=O) groups is 2. The van der Waals surface area contributed by atoms with E-state index in [1.807, 2.05) is 22.6 Å². The number of ether oxygens (including phenoxy) is 1. The van der Waals surface area contributed by atoms with E-state index in [2.05, 4.69) is 10.4 Å². The topological polar surface area (TPSA) is 76.5 Å². The summed E-state index contributed by atoms with van der Waals surface area (Å²) < 4.78 is 6.68. The second-order valence-electron chi connectivity index (χ2n) is 5.18. The van der Waals surface area contributed by atoms with Gasteiger partial charge in [-0.15, -0.1) is 0 Å². The third-order valence-corrected chi connectivity index (χ3v) is 3.51. The predicted molar refractivity (Wildman–Crippen MR) is 76.5 cm³/mol. The van der Waals surface area contributed by atoms with Gasteiger partial charge in [-0.3, -0.25) is 14.3 Å². The molecule has 1 aliphatic heterocycles. The van der Waals surface area contributed by atoms with Crippen molar-refractivity contribution < 1.29 is 14.3 Å². The van der Waals surface area contributed by atoms with Crippen LogP contribution in [0.1, 0.15) is 31.5 Å². The molecule has 7 nitrogen and oxygen atoms in total. The molecule has 0 fully saturated rings. The zero-order valence-corrected chi connectivity index (χ0v) is 12.5. The van der Waals surface area contributed by atoms with Gasteiger partial charge in [0.15, 0.2) is 0 Å². The van der Waals surface area contributed by atoms with Crippen LogP contribution in [0.4, 0.5) is 0 Å². The van der Waals surface area contributed by atoms with E-state index in [9.17, 15) is 9.59 Å². The van der Waals surface area contributed by atoms with E-state index in [-0.39, 0.29) is 24.5 Å².